The topological polar surface area (TPSA) is 15.6 Å². The van der Waals surface area contributed by atoms with E-state index in [1.807, 2.05) is 17.5 Å². The largest absolute Gasteiger partial charge is 0.315 e. The van der Waals surface area contributed by atoms with E-state index in [1.165, 1.54) is 31.7 Å². The van der Waals surface area contributed by atoms with Crippen molar-refractivity contribution in [2.45, 2.75) is 37.8 Å². The van der Waals surface area contributed by atoms with E-state index in [4.69, 9.17) is 4.99 Å². The van der Waals surface area contributed by atoms with E-state index in [9.17, 15) is 4.39 Å². The first-order valence-corrected chi connectivity index (χ1v) is 7.71. The van der Waals surface area contributed by atoms with Crippen LogP contribution in [0.5, 0.6) is 0 Å². The van der Waals surface area contributed by atoms with E-state index in [1.54, 1.807) is 17.8 Å². The second kappa shape index (κ2) is 4.37. The van der Waals surface area contributed by atoms with Gasteiger partial charge in [0.05, 0.1) is 17.8 Å². The van der Waals surface area contributed by atoms with E-state index >= 15 is 0 Å². The van der Waals surface area contributed by atoms with E-state index in [-0.39, 0.29) is 5.82 Å². The Balaban J connectivity index is 1.72. The molecular formula is C15H15FN2S. The summed E-state index contributed by atoms with van der Waals surface area (Å²) in [6.45, 7) is 0. The van der Waals surface area contributed by atoms with Crippen molar-refractivity contribution in [2.24, 2.45) is 4.99 Å². The summed E-state index contributed by atoms with van der Waals surface area (Å²) in [5.74, 6) is -0.144. The van der Waals surface area contributed by atoms with Crippen LogP contribution in [0.1, 0.15) is 31.2 Å². The number of rotatable bonds is 1. The summed E-state index contributed by atoms with van der Waals surface area (Å²) in [4.78, 5) is 7.08. The predicted molar refractivity (Wildman–Crippen MR) is 77.3 cm³/mol. The molecule has 1 saturated carbocycles. The molecule has 4 heteroatoms. The normalized spacial score (nSPS) is 28.8. The number of amidine groups is 1. The Kier molecular flexibility index (Phi) is 2.65. The number of fused-ring (bicyclic) bond motifs is 3. The lowest BCUT2D eigenvalue weighted by atomic mass is 9.90. The summed E-state index contributed by atoms with van der Waals surface area (Å²) >= 11 is 1.64. The summed E-state index contributed by atoms with van der Waals surface area (Å²) in [6, 6.07) is 7.90. The van der Waals surface area contributed by atoms with Crippen LogP contribution in [0.4, 0.5) is 4.39 Å². The van der Waals surface area contributed by atoms with Crippen molar-refractivity contribution in [3.05, 3.63) is 41.1 Å². The SMILES string of the molecule is Fc1ccccc1C1=CSC2=N[C@H]3CCCC[C@H]3N12. The molecule has 0 saturated heterocycles. The fourth-order valence-electron chi connectivity index (χ4n) is 3.29. The van der Waals surface area contributed by atoms with Crippen molar-refractivity contribution < 1.29 is 4.39 Å². The van der Waals surface area contributed by atoms with Gasteiger partial charge in [-0.15, -0.1) is 0 Å². The van der Waals surface area contributed by atoms with E-state index < -0.39 is 0 Å². The van der Waals surface area contributed by atoms with Crippen LogP contribution in [-0.2, 0) is 0 Å². The highest BCUT2D eigenvalue weighted by Gasteiger charge is 2.42. The van der Waals surface area contributed by atoms with Crippen molar-refractivity contribution in [3.8, 4) is 0 Å². The van der Waals surface area contributed by atoms with Gasteiger partial charge in [-0.3, -0.25) is 4.99 Å². The zero-order chi connectivity index (χ0) is 12.8. The van der Waals surface area contributed by atoms with Gasteiger partial charge in [0.1, 0.15) is 5.82 Å². The minimum Gasteiger partial charge on any atom is -0.315 e. The average molecular weight is 274 g/mol. The van der Waals surface area contributed by atoms with Crippen LogP contribution in [0.2, 0.25) is 0 Å². The molecule has 0 aromatic heterocycles. The molecule has 0 bridgehead atoms. The molecular weight excluding hydrogens is 259 g/mol. The molecule has 0 spiro atoms. The Morgan fingerprint density at radius 2 is 2.05 bits per heavy atom. The van der Waals surface area contributed by atoms with Gasteiger partial charge in [0.25, 0.3) is 0 Å². The molecule has 2 aliphatic heterocycles. The Hall–Kier alpha value is -1.29. The Morgan fingerprint density at radius 3 is 2.95 bits per heavy atom. The highest BCUT2D eigenvalue weighted by molar-refractivity contribution is 8.16. The number of benzene rings is 1. The van der Waals surface area contributed by atoms with Gasteiger partial charge < -0.3 is 4.90 Å². The monoisotopic (exact) mass is 274 g/mol. The smallest absolute Gasteiger partial charge is 0.168 e. The van der Waals surface area contributed by atoms with Gasteiger partial charge in [-0.2, -0.15) is 0 Å². The lowest BCUT2D eigenvalue weighted by molar-refractivity contribution is 0.305. The molecule has 0 unspecified atom stereocenters. The summed E-state index contributed by atoms with van der Waals surface area (Å²) in [5.41, 5.74) is 1.70. The number of halogens is 1. The molecule has 0 radical (unpaired) electrons. The molecule has 1 aliphatic carbocycles. The molecule has 0 amide bonds. The fraction of sp³-hybridized carbons (Fsp3) is 0.400. The van der Waals surface area contributed by atoms with Gasteiger partial charge in [-0.05, 0) is 25.0 Å². The maximum Gasteiger partial charge on any atom is 0.168 e. The molecule has 1 fully saturated rings. The van der Waals surface area contributed by atoms with Crippen molar-refractivity contribution >= 4 is 22.6 Å². The van der Waals surface area contributed by atoms with E-state index in [2.05, 4.69) is 4.90 Å². The second-order valence-corrected chi connectivity index (χ2v) is 6.14. The third kappa shape index (κ3) is 1.73. The average Bonchev–Trinajstić information content (AvgIpc) is 2.98. The van der Waals surface area contributed by atoms with E-state index in [0.717, 1.165) is 10.9 Å². The van der Waals surface area contributed by atoms with Crippen LogP contribution in [0, 0.1) is 5.82 Å². The van der Waals surface area contributed by atoms with Crippen LogP contribution in [-0.4, -0.2) is 22.2 Å². The van der Waals surface area contributed by atoms with E-state index in [0.29, 0.717) is 17.6 Å². The Morgan fingerprint density at radius 1 is 1.21 bits per heavy atom. The number of hydrogen-bond acceptors (Lipinski definition) is 3. The van der Waals surface area contributed by atoms with Crippen LogP contribution in [0.25, 0.3) is 5.70 Å². The maximum atomic E-state index is 14.0. The summed E-state index contributed by atoms with van der Waals surface area (Å²) < 4.78 is 14.0. The summed E-state index contributed by atoms with van der Waals surface area (Å²) in [6.07, 6.45) is 4.88. The maximum absolute atomic E-state index is 14.0. The molecule has 2 heterocycles. The molecule has 1 aromatic rings. The zero-order valence-electron chi connectivity index (χ0n) is 10.6. The van der Waals surface area contributed by atoms with Crippen molar-refractivity contribution in [3.63, 3.8) is 0 Å². The second-order valence-electron chi connectivity index (χ2n) is 5.30. The fourth-order valence-corrected chi connectivity index (χ4v) is 4.29. The Labute approximate surface area is 116 Å². The highest BCUT2D eigenvalue weighted by atomic mass is 32.2. The first-order valence-electron chi connectivity index (χ1n) is 6.83. The third-order valence-electron chi connectivity index (χ3n) is 4.19. The van der Waals surface area contributed by atoms with Crippen molar-refractivity contribution in [2.75, 3.05) is 0 Å². The van der Waals surface area contributed by atoms with Gasteiger partial charge in [0.2, 0.25) is 0 Å². The van der Waals surface area contributed by atoms with Crippen LogP contribution in [0.15, 0.2) is 34.7 Å². The van der Waals surface area contributed by atoms with Crippen LogP contribution in [0.3, 0.4) is 0 Å². The molecule has 98 valence electrons. The predicted octanol–water partition coefficient (Wildman–Crippen LogP) is 3.85. The molecule has 4 rings (SSSR count). The molecule has 2 atom stereocenters. The quantitative estimate of drug-likeness (QED) is 0.773. The summed E-state index contributed by atoms with van der Waals surface area (Å²) in [5, 5.41) is 3.11. The minimum absolute atomic E-state index is 0.144. The number of thioether (sulfide) groups is 1. The number of nitrogens with zero attached hydrogens (tertiary/aromatic N) is 2. The first-order chi connectivity index (χ1) is 9.34. The van der Waals surface area contributed by atoms with Crippen molar-refractivity contribution in [1.82, 2.24) is 4.90 Å². The molecule has 3 aliphatic rings. The Bertz CT molecular complexity index is 581. The number of aliphatic imine (C=N–C) groups is 1. The highest BCUT2D eigenvalue weighted by Crippen LogP contribution is 2.44. The van der Waals surface area contributed by atoms with Gasteiger partial charge in [-0.1, -0.05) is 36.7 Å². The molecule has 1 aromatic carbocycles. The lowest BCUT2D eigenvalue weighted by Gasteiger charge is -2.32. The molecule has 0 N–H and O–H groups in total. The van der Waals surface area contributed by atoms with Crippen LogP contribution < -0.4 is 0 Å². The lowest BCUT2D eigenvalue weighted by Crippen LogP contribution is -2.38. The van der Waals surface area contributed by atoms with Crippen LogP contribution >= 0.6 is 11.8 Å². The standard InChI is InChI=1S/C15H15FN2S/c16-11-6-2-1-5-10(11)14-9-19-15-17-12-7-3-4-8-13(12)18(14)15/h1-2,5-6,9,12-13H,3-4,7-8H2/t12-,13+/m0/s1. The zero-order valence-corrected chi connectivity index (χ0v) is 11.4. The third-order valence-corrected chi connectivity index (χ3v) is 5.05. The first kappa shape index (κ1) is 11.5. The summed E-state index contributed by atoms with van der Waals surface area (Å²) in [7, 11) is 0. The van der Waals surface area contributed by atoms with Crippen molar-refractivity contribution in [1.29, 1.82) is 0 Å². The minimum atomic E-state index is -0.144. The molecule has 19 heavy (non-hydrogen) atoms. The van der Waals surface area contributed by atoms with Gasteiger partial charge in [0.15, 0.2) is 5.17 Å². The van der Waals surface area contributed by atoms with Gasteiger partial charge >= 0.3 is 0 Å². The molecule has 2 nitrogen and oxygen atoms in total. The van der Waals surface area contributed by atoms with Gasteiger partial charge in [0, 0.05) is 11.0 Å². The van der Waals surface area contributed by atoms with Gasteiger partial charge in [-0.25, -0.2) is 4.39 Å². The number of hydrogen-bond donors (Lipinski definition) is 0.